The van der Waals surface area contributed by atoms with Gasteiger partial charge in [-0.25, -0.2) is 4.79 Å². The van der Waals surface area contributed by atoms with Crippen LogP contribution in [0.1, 0.15) is 82.8 Å². The van der Waals surface area contributed by atoms with Crippen LogP contribution >= 0.6 is 11.8 Å². The molecular weight excluding hydrogens is 973 g/mol. The standard InChI is InChI=1S/C48H72N10O14S/c1-27(2)23-35(44(67)54-34(48(71)72)17-19-40(62)63)56-47(70)38(26-59)58-43(66)33(20-22-73-3)53-42(65)32(16-18-39(51)61)52-45(68)37(24-28-9-5-4-6-10-28)57-46(69)36(25-29-12-14-30(60)15-13-29)55-41(64)31(50)11-7-8-21-49/h4-6,9-10,12-15,27,31-38,59-60H,7-8,11,16-26,49-50H2,1-3H3,(H2,51,61)(H,52,68)(H,53,65)(H,54,67)(H,55,64)(H,56,70)(H,57,69)(H,58,66)(H,62,63)(H,71,72)/t31-,32-,33-,34-,35-,36-,37-,38-/m0/s1. The Hall–Kier alpha value is -6.83. The van der Waals surface area contributed by atoms with Crippen molar-refractivity contribution < 1.29 is 68.4 Å². The maximum absolute atomic E-state index is 14.3. The van der Waals surface area contributed by atoms with Gasteiger partial charge < -0.3 is 74.8 Å². The van der Waals surface area contributed by atoms with E-state index in [1.54, 1.807) is 62.6 Å². The number of aliphatic carboxylic acids is 2. The van der Waals surface area contributed by atoms with Crippen molar-refractivity contribution in [1.29, 1.82) is 0 Å². The molecule has 0 unspecified atom stereocenters. The molecular formula is C48H72N10O14S. The maximum Gasteiger partial charge on any atom is 0.326 e. The number of aliphatic hydroxyl groups excluding tert-OH is 1. The van der Waals surface area contributed by atoms with E-state index in [0.717, 1.165) is 0 Å². The summed E-state index contributed by atoms with van der Waals surface area (Å²) in [7, 11) is 0. The fraction of sp³-hybridized carbons (Fsp3) is 0.542. The summed E-state index contributed by atoms with van der Waals surface area (Å²) in [5, 5.41) is 56.1. The van der Waals surface area contributed by atoms with Crippen LogP contribution < -0.4 is 54.4 Å². The maximum atomic E-state index is 14.3. The van der Waals surface area contributed by atoms with E-state index in [0.29, 0.717) is 30.5 Å². The van der Waals surface area contributed by atoms with Gasteiger partial charge in [0.25, 0.3) is 0 Å². The highest BCUT2D eigenvalue weighted by Gasteiger charge is 2.35. The molecule has 404 valence electrons. The number of carbonyl (C=O) groups is 10. The number of primary amides is 1. The topological polar surface area (TPSA) is 414 Å². The number of nitrogens with two attached hydrogens (primary N) is 3. The average molecular weight is 1050 g/mol. The number of phenols is 1. The molecule has 0 aliphatic rings. The molecule has 2 rings (SSSR count). The lowest BCUT2D eigenvalue weighted by molar-refractivity contribution is -0.143. The molecule has 2 aromatic carbocycles. The number of carboxylic acid groups (broad SMARTS) is 2. The third-order valence-electron chi connectivity index (χ3n) is 11.2. The molecule has 8 amide bonds. The number of amides is 8. The van der Waals surface area contributed by atoms with Crippen LogP contribution in [0.3, 0.4) is 0 Å². The van der Waals surface area contributed by atoms with Crippen molar-refractivity contribution in [2.24, 2.45) is 23.1 Å². The summed E-state index contributed by atoms with van der Waals surface area (Å²) in [6.07, 6.45) is 1.02. The van der Waals surface area contributed by atoms with Gasteiger partial charge in [-0.15, -0.1) is 0 Å². The quantitative estimate of drug-likeness (QED) is 0.0333. The molecule has 0 saturated carbocycles. The smallest absolute Gasteiger partial charge is 0.326 e. The fourth-order valence-electron chi connectivity index (χ4n) is 7.17. The molecule has 25 heteroatoms. The predicted molar refractivity (Wildman–Crippen MR) is 269 cm³/mol. The van der Waals surface area contributed by atoms with Gasteiger partial charge in [0.1, 0.15) is 48.0 Å². The highest BCUT2D eigenvalue weighted by molar-refractivity contribution is 7.98. The first-order valence-corrected chi connectivity index (χ1v) is 25.2. The van der Waals surface area contributed by atoms with E-state index in [-0.39, 0.29) is 55.9 Å². The number of thioether (sulfide) groups is 1. The SMILES string of the molecule is CSCC[C@H](NC(=O)[C@H](CCC(N)=O)NC(=O)[C@H](Cc1ccccc1)NC(=O)[C@H](Cc1ccc(O)cc1)NC(=O)[C@@H](N)CCCCN)C(=O)N[C@@H](CO)C(=O)N[C@@H](CC(C)C)C(=O)N[C@@H](CCC(=O)O)C(=O)O. The van der Waals surface area contributed by atoms with Crippen LogP contribution in [0, 0.1) is 5.92 Å². The van der Waals surface area contributed by atoms with Crippen LogP contribution in [0.4, 0.5) is 0 Å². The van der Waals surface area contributed by atoms with Crippen molar-refractivity contribution in [1.82, 2.24) is 37.2 Å². The number of phenolic OH excluding ortho intramolecular Hbond substituents is 1. The summed E-state index contributed by atoms with van der Waals surface area (Å²) < 4.78 is 0. The highest BCUT2D eigenvalue weighted by atomic mass is 32.2. The van der Waals surface area contributed by atoms with Crippen LogP contribution in [-0.2, 0) is 60.8 Å². The number of aliphatic hydroxyl groups is 1. The van der Waals surface area contributed by atoms with Gasteiger partial charge in [-0.05, 0) is 86.3 Å². The van der Waals surface area contributed by atoms with Crippen molar-refractivity contribution >= 4 is 71.0 Å². The zero-order valence-electron chi connectivity index (χ0n) is 41.3. The third kappa shape index (κ3) is 24.0. The molecule has 17 N–H and O–H groups in total. The Labute approximate surface area is 427 Å². The first kappa shape index (κ1) is 62.3. The van der Waals surface area contributed by atoms with Crippen molar-refractivity contribution in [3.05, 3.63) is 65.7 Å². The first-order valence-electron chi connectivity index (χ1n) is 23.8. The second kappa shape index (κ2) is 33.0. The number of rotatable bonds is 35. The number of aromatic hydroxyl groups is 1. The number of unbranched alkanes of at least 4 members (excludes halogenated alkanes) is 1. The Kier molecular flexibility index (Phi) is 28.2. The van der Waals surface area contributed by atoms with Crippen molar-refractivity contribution in [3.8, 4) is 5.75 Å². The summed E-state index contributed by atoms with van der Waals surface area (Å²) in [6, 6.07) is 2.98. The number of hydrogen-bond donors (Lipinski definition) is 14. The van der Waals surface area contributed by atoms with Gasteiger partial charge in [0.05, 0.1) is 12.6 Å². The van der Waals surface area contributed by atoms with Crippen LogP contribution in [0.15, 0.2) is 54.6 Å². The van der Waals surface area contributed by atoms with Crippen molar-refractivity contribution in [2.75, 3.05) is 25.2 Å². The minimum atomic E-state index is -1.71. The van der Waals surface area contributed by atoms with Crippen molar-refractivity contribution in [2.45, 2.75) is 133 Å². The van der Waals surface area contributed by atoms with Gasteiger partial charge in [0.15, 0.2) is 0 Å². The van der Waals surface area contributed by atoms with E-state index in [2.05, 4.69) is 37.2 Å². The first-order chi connectivity index (χ1) is 34.6. The van der Waals surface area contributed by atoms with E-state index >= 15 is 0 Å². The minimum Gasteiger partial charge on any atom is -0.508 e. The predicted octanol–water partition coefficient (Wildman–Crippen LogP) is -1.97. The molecule has 0 aliphatic carbocycles. The molecule has 73 heavy (non-hydrogen) atoms. The summed E-state index contributed by atoms with van der Waals surface area (Å²) >= 11 is 1.29. The minimum absolute atomic E-state index is 0.0305. The lowest BCUT2D eigenvalue weighted by Gasteiger charge is -2.28. The van der Waals surface area contributed by atoms with Crippen LogP contribution in [-0.4, -0.2) is 153 Å². The Balaban J connectivity index is 2.42. The summed E-state index contributed by atoms with van der Waals surface area (Å²) in [5.41, 5.74) is 18.3. The number of carbonyl (C=O) groups excluding carboxylic acids is 8. The number of nitrogens with one attached hydrogen (secondary N) is 7. The Bertz CT molecular complexity index is 2150. The van der Waals surface area contributed by atoms with E-state index in [1.807, 2.05) is 0 Å². The fourth-order valence-corrected chi connectivity index (χ4v) is 7.64. The van der Waals surface area contributed by atoms with Crippen molar-refractivity contribution in [3.63, 3.8) is 0 Å². The molecule has 0 aromatic heterocycles. The van der Waals surface area contributed by atoms with E-state index in [4.69, 9.17) is 22.3 Å². The molecule has 24 nitrogen and oxygen atoms in total. The molecule has 0 heterocycles. The van der Waals surface area contributed by atoms with E-state index < -0.39 is 133 Å². The number of hydrogen-bond acceptors (Lipinski definition) is 15. The molecule has 0 radical (unpaired) electrons. The van der Waals surface area contributed by atoms with Gasteiger partial charge in [0, 0.05) is 25.7 Å². The molecule has 0 fully saturated rings. The Morgan fingerprint density at radius 3 is 1.52 bits per heavy atom. The van der Waals surface area contributed by atoms with Gasteiger partial charge in [-0.2, -0.15) is 11.8 Å². The van der Waals surface area contributed by atoms with Gasteiger partial charge in [-0.1, -0.05) is 62.7 Å². The van der Waals surface area contributed by atoms with Gasteiger partial charge in [-0.3, -0.25) is 43.2 Å². The van der Waals surface area contributed by atoms with Crippen LogP contribution in [0.25, 0.3) is 0 Å². The van der Waals surface area contributed by atoms with E-state index in [9.17, 15) is 63.3 Å². The zero-order chi connectivity index (χ0) is 54.6. The number of benzene rings is 2. The summed E-state index contributed by atoms with van der Waals surface area (Å²) in [5.74, 6) is -10.0. The Morgan fingerprint density at radius 1 is 0.562 bits per heavy atom. The normalized spacial score (nSPS) is 14.3. The largest absolute Gasteiger partial charge is 0.508 e. The van der Waals surface area contributed by atoms with Crippen LogP contribution in [0.5, 0.6) is 5.75 Å². The second-order valence-corrected chi connectivity index (χ2v) is 18.7. The second-order valence-electron chi connectivity index (χ2n) is 17.7. The molecule has 0 aliphatic heterocycles. The molecule has 0 saturated heterocycles. The molecule has 2 aromatic rings. The zero-order valence-corrected chi connectivity index (χ0v) is 42.1. The molecule has 0 bridgehead atoms. The summed E-state index contributed by atoms with van der Waals surface area (Å²) in [4.78, 5) is 131. The highest BCUT2D eigenvalue weighted by Crippen LogP contribution is 2.14. The number of carboxylic acids is 2. The average Bonchev–Trinajstić information content (AvgIpc) is 3.34. The molecule has 0 spiro atoms. The van der Waals surface area contributed by atoms with Crippen LogP contribution in [0.2, 0.25) is 0 Å². The lowest BCUT2D eigenvalue weighted by Crippen LogP contribution is -2.61. The third-order valence-corrected chi connectivity index (χ3v) is 11.8. The lowest BCUT2D eigenvalue weighted by atomic mass is 10.0. The van der Waals surface area contributed by atoms with Gasteiger partial charge >= 0.3 is 11.9 Å². The monoisotopic (exact) mass is 1040 g/mol. The summed E-state index contributed by atoms with van der Waals surface area (Å²) in [6.45, 7) is 2.80. The molecule has 8 atom stereocenters. The van der Waals surface area contributed by atoms with E-state index in [1.165, 1.54) is 23.9 Å². The van der Waals surface area contributed by atoms with Gasteiger partial charge in [0.2, 0.25) is 47.3 Å². The Morgan fingerprint density at radius 2 is 1.01 bits per heavy atom.